The Labute approximate surface area is 406 Å². The van der Waals surface area contributed by atoms with Crippen molar-refractivity contribution in [2.45, 2.75) is 72.1 Å². The summed E-state index contributed by atoms with van der Waals surface area (Å²) in [4.78, 5) is 7.36. The normalized spacial score (nSPS) is 13.6. The van der Waals surface area contributed by atoms with Crippen molar-refractivity contribution in [2.75, 3.05) is 9.80 Å². The van der Waals surface area contributed by atoms with Crippen LogP contribution in [0.1, 0.15) is 78.0 Å². The van der Waals surface area contributed by atoms with Crippen molar-refractivity contribution in [3.63, 3.8) is 0 Å². The van der Waals surface area contributed by atoms with E-state index in [4.69, 9.17) is 8.83 Å². The number of rotatable bonds is 5. The van der Waals surface area contributed by atoms with E-state index in [1.165, 1.54) is 74.1 Å². The first kappa shape index (κ1) is 41.4. The van der Waals surface area contributed by atoms with E-state index < -0.39 is 0 Å². The predicted octanol–water partition coefficient (Wildman–Crippen LogP) is 16.7. The topological polar surface area (TPSA) is 32.8 Å². The zero-order chi connectivity index (χ0) is 46.4. The van der Waals surface area contributed by atoms with Gasteiger partial charge < -0.3 is 8.83 Å². The number of hydrogen-bond donors (Lipinski definition) is 0. The fourth-order valence-corrected chi connectivity index (χ4v) is 12.8. The first-order valence-corrected chi connectivity index (χ1v) is 25.5. The summed E-state index contributed by atoms with van der Waals surface area (Å²) < 4.78 is 17.3. The molecule has 7 aromatic carbocycles. The highest BCUT2D eigenvalue weighted by atomic mass is 32.1. The molecule has 4 nitrogen and oxygen atoms in total. The minimum atomic E-state index is -0.191. The van der Waals surface area contributed by atoms with Gasteiger partial charge >= 0.3 is 0 Å². The molecule has 7 heteroatoms. The Morgan fingerprint density at radius 2 is 0.926 bits per heavy atom. The highest BCUT2D eigenvalue weighted by Crippen LogP contribution is 2.50. The van der Waals surface area contributed by atoms with Crippen LogP contribution in [0.5, 0.6) is 0 Å². The Bertz CT molecular complexity index is 3540. The van der Waals surface area contributed by atoms with E-state index in [0.29, 0.717) is 0 Å². The molecule has 0 N–H and O–H groups in total. The van der Waals surface area contributed by atoms with E-state index in [1.807, 2.05) is 22.7 Å². The highest BCUT2D eigenvalue weighted by molar-refractivity contribution is 7.22. The van der Waals surface area contributed by atoms with Crippen molar-refractivity contribution in [1.29, 1.82) is 0 Å². The third kappa shape index (κ3) is 6.39. The molecule has 2 aliphatic heterocycles. The minimum Gasteiger partial charge on any atom is -0.440 e. The summed E-state index contributed by atoms with van der Waals surface area (Å²) in [5, 5.41) is 4.81. The molecule has 332 valence electrons. The molecule has 0 spiro atoms. The molecule has 0 unspecified atom stereocenters. The molecule has 2 aliphatic rings. The number of furan rings is 2. The van der Waals surface area contributed by atoms with Crippen LogP contribution in [0.3, 0.4) is 0 Å². The van der Waals surface area contributed by atoms with Crippen LogP contribution in [-0.4, -0.2) is 6.71 Å². The van der Waals surface area contributed by atoms with Crippen LogP contribution in [-0.2, 0) is 10.8 Å². The van der Waals surface area contributed by atoms with Gasteiger partial charge in [-0.05, 0) is 146 Å². The van der Waals surface area contributed by atoms with Gasteiger partial charge in [0.2, 0.25) is 11.8 Å². The smallest absolute Gasteiger partial charge is 0.262 e. The number of nitrogens with zero attached hydrogens (tertiary/aromatic N) is 2. The largest absolute Gasteiger partial charge is 0.440 e. The van der Waals surface area contributed by atoms with Crippen LogP contribution < -0.4 is 26.2 Å². The monoisotopic (exact) mass is 918 g/mol. The summed E-state index contributed by atoms with van der Waals surface area (Å²) >= 11 is 3.69. The first-order chi connectivity index (χ1) is 32.8. The molecule has 0 saturated carbocycles. The molecule has 6 heterocycles. The Kier molecular flexibility index (Phi) is 9.04. The lowest BCUT2D eigenvalue weighted by molar-refractivity contribution is 0.589. The maximum Gasteiger partial charge on any atom is 0.262 e. The molecule has 0 radical (unpaired) electrons. The van der Waals surface area contributed by atoms with Crippen molar-refractivity contribution >= 4 is 122 Å². The molecule has 13 rings (SSSR count). The van der Waals surface area contributed by atoms with Gasteiger partial charge in [0.1, 0.15) is 11.2 Å². The Hall–Kier alpha value is -6.80. The van der Waals surface area contributed by atoms with E-state index in [2.05, 4.69) is 223 Å². The zero-order valence-corrected chi connectivity index (χ0v) is 41.3. The van der Waals surface area contributed by atoms with Crippen molar-refractivity contribution in [1.82, 2.24) is 0 Å². The number of thiophene rings is 2. The zero-order valence-electron chi connectivity index (χ0n) is 39.7. The van der Waals surface area contributed by atoms with Gasteiger partial charge in [-0.15, -0.1) is 22.7 Å². The van der Waals surface area contributed by atoms with E-state index in [9.17, 15) is 0 Å². The molecule has 4 aromatic heterocycles. The SMILES string of the molecule is CC(C)c1cc2c3c(c1)N(c1cccc(-c4cc5ccccc5s4)c1)c1oc4ccc(C(C)(C)C)cc4c1B3c1c(oc3ccc(C(C)(C)C)cc13)N2c1cccc(-c2cc3ccccc3s2)c1. The van der Waals surface area contributed by atoms with Crippen LogP contribution in [0.2, 0.25) is 0 Å². The van der Waals surface area contributed by atoms with Gasteiger partial charge in [0.05, 0.1) is 0 Å². The van der Waals surface area contributed by atoms with Gasteiger partial charge in [0, 0.05) is 63.6 Å². The van der Waals surface area contributed by atoms with Gasteiger partial charge in [0.25, 0.3) is 6.71 Å². The van der Waals surface area contributed by atoms with Gasteiger partial charge in [-0.25, -0.2) is 0 Å². The molecule has 68 heavy (non-hydrogen) atoms. The summed E-state index contributed by atoms with van der Waals surface area (Å²) in [6, 6.07) is 58.8. The summed E-state index contributed by atoms with van der Waals surface area (Å²) in [7, 11) is 0. The third-order valence-electron chi connectivity index (χ3n) is 14.4. The summed E-state index contributed by atoms with van der Waals surface area (Å²) in [5.41, 5.74) is 15.8. The lowest BCUT2D eigenvalue weighted by Crippen LogP contribution is -2.60. The maximum atomic E-state index is 7.34. The van der Waals surface area contributed by atoms with E-state index >= 15 is 0 Å². The van der Waals surface area contributed by atoms with Crippen LogP contribution in [0.25, 0.3) is 63.0 Å². The van der Waals surface area contributed by atoms with E-state index in [-0.39, 0.29) is 23.5 Å². The van der Waals surface area contributed by atoms with Crippen molar-refractivity contribution in [3.8, 4) is 20.9 Å². The van der Waals surface area contributed by atoms with Crippen molar-refractivity contribution < 1.29 is 8.83 Å². The van der Waals surface area contributed by atoms with Crippen molar-refractivity contribution in [2.24, 2.45) is 0 Å². The number of hydrogen-bond acceptors (Lipinski definition) is 6. The summed E-state index contributed by atoms with van der Waals surface area (Å²) in [6.45, 7) is 18.2. The summed E-state index contributed by atoms with van der Waals surface area (Å²) in [5.74, 6) is 1.96. The molecule has 0 aliphatic carbocycles. The number of benzene rings is 7. The quantitative estimate of drug-likeness (QED) is 0.161. The molecule has 0 atom stereocenters. The average Bonchev–Trinajstić information content (AvgIpc) is 4.13. The lowest BCUT2D eigenvalue weighted by Gasteiger charge is -2.41. The molecule has 0 saturated heterocycles. The summed E-state index contributed by atoms with van der Waals surface area (Å²) in [6.07, 6.45) is 0. The van der Waals surface area contributed by atoms with Gasteiger partial charge in [-0.1, -0.05) is 128 Å². The van der Waals surface area contributed by atoms with Gasteiger partial charge in [-0.3, -0.25) is 9.80 Å². The molecule has 0 amide bonds. The second kappa shape index (κ2) is 14.9. The van der Waals surface area contributed by atoms with Crippen LogP contribution >= 0.6 is 22.7 Å². The lowest BCUT2D eigenvalue weighted by atomic mass is 9.33. The first-order valence-electron chi connectivity index (χ1n) is 23.9. The van der Waals surface area contributed by atoms with Crippen LogP contribution in [0.15, 0.2) is 167 Å². The number of fused-ring (bicyclic) bond motifs is 10. The average molecular weight is 919 g/mol. The fraction of sp³-hybridized carbons (Fsp3) is 0.180. The maximum absolute atomic E-state index is 7.34. The van der Waals surface area contributed by atoms with Crippen LogP contribution in [0, 0.1) is 0 Å². The Balaban J connectivity index is 1.13. The Morgan fingerprint density at radius 3 is 1.35 bits per heavy atom. The fourth-order valence-electron chi connectivity index (χ4n) is 10.7. The molecular weight excluding hydrogens is 868 g/mol. The predicted molar refractivity (Wildman–Crippen MR) is 293 cm³/mol. The van der Waals surface area contributed by atoms with Crippen molar-refractivity contribution in [3.05, 3.63) is 174 Å². The second-order valence-electron chi connectivity index (χ2n) is 21.2. The molecule has 0 bridgehead atoms. The van der Waals surface area contributed by atoms with Gasteiger partial charge in [-0.2, -0.15) is 0 Å². The van der Waals surface area contributed by atoms with E-state index in [0.717, 1.165) is 56.5 Å². The third-order valence-corrected chi connectivity index (χ3v) is 16.7. The number of anilines is 6. The highest BCUT2D eigenvalue weighted by Gasteiger charge is 2.49. The minimum absolute atomic E-state index is 0.0710. The molecule has 0 fully saturated rings. The van der Waals surface area contributed by atoms with Crippen LogP contribution in [0.4, 0.5) is 34.5 Å². The Morgan fingerprint density at radius 1 is 0.471 bits per heavy atom. The van der Waals surface area contributed by atoms with E-state index in [1.54, 1.807) is 0 Å². The standard InChI is InChI=1S/C61H51BN2O2S2/c1-35(2)40-29-47-57-48(30-40)64(44-20-14-18-37(28-44)54-32-39-16-10-12-22-52(39)68-54)59-56(46-34-42(61(6,7)8)24-26-50(46)66-59)62(57)55-45-33-41(60(3,4)5)23-25-49(45)65-58(55)63(47)43-19-13-17-36(27-43)53-31-38-15-9-11-21-51(38)67-53/h9-35H,1-8H3. The van der Waals surface area contributed by atoms with Gasteiger partial charge in [0.15, 0.2) is 0 Å². The molecular formula is C61H51BN2O2S2. The second-order valence-corrected chi connectivity index (χ2v) is 23.4. The molecule has 11 aromatic rings.